The number of benzene rings is 1. The van der Waals surface area contributed by atoms with Gasteiger partial charge >= 0.3 is 0 Å². The maximum atomic E-state index is 13.1. The van der Waals surface area contributed by atoms with E-state index in [4.69, 9.17) is 20.8 Å². The zero-order chi connectivity index (χ0) is 19.8. The molecule has 2 amide bonds. The highest BCUT2D eigenvalue weighted by molar-refractivity contribution is 6.33. The van der Waals surface area contributed by atoms with Gasteiger partial charge in [0.05, 0.1) is 30.0 Å². The normalized spacial score (nSPS) is 12.0. The van der Waals surface area contributed by atoms with E-state index in [1.54, 1.807) is 54.7 Å². The summed E-state index contributed by atoms with van der Waals surface area (Å²) in [5.41, 5.74) is 0.340. The van der Waals surface area contributed by atoms with Crippen molar-refractivity contribution >= 4 is 23.4 Å². The molecule has 0 aliphatic carbocycles. The molecule has 7 heteroatoms. The van der Waals surface area contributed by atoms with Gasteiger partial charge in [-0.15, -0.1) is 0 Å². The lowest BCUT2D eigenvalue weighted by atomic mass is 10.0. The molecule has 2 rings (SSSR count). The summed E-state index contributed by atoms with van der Waals surface area (Å²) >= 11 is 6.10. The Morgan fingerprint density at radius 3 is 2.56 bits per heavy atom. The molecule has 146 valence electrons. The van der Waals surface area contributed by atoms with Gasteiger partial charge in [-0.25, -0.2) is 0 Å². The number of furan rings is 1. The highest BCUT2D eigenvalue weighted by Gasteiger charge is 2.29. The number of ether oxygens (including phenoxy) is 1. The Hall–Kier alpha value is -2.31. The van der Waals surface area contributed by atoms with E-state index in [0.29, 0.717) is 36.0 Å². The van der Waals surface area contributed by atoms with Crippen molar-refractivity contribution in [2.75, 3.05) is 20.3 Å². The summed E-state index contributed by atoms with van der Waals surface area (Å²) in [6.45, 7) is 4.85. The van der Waals surface area contributed by atoms with Crippen LogP contribution in [0.1, 0.15) is 30.0 Å². The van der Waals surface area contributed by atoms with E-state index in [2.05, 4.69) is 5.32 Å². The Balaban J connectivity index is 2.17. The number of hydrogen-bond acceptors (Lipinski definition) is 4. The van der Waals surface area contributed by atoms with E-state index < -0.39 is 6.04 Å². The van der Waals surface area contributed by atoms with Crippen molar-refractivity contribution in [3.63, 3.8) is 0 Å². The van der Waals surface area contributed by atoms with E-state index in [0.717, 1.165) is 0 Å². The number of rotatable bonds is 9. The van der Waals surface area contributed by atoms with Crippen molar-refractivity contribution in [3.05, 3.63) is 59.0 Å². The van der Waals surface area contributed by atoms with Gasteiger partial charge in [-0.3, -0.25) is 9.59 Å². The molecular weight excluding hydrogens is 368 g/mol. The van der Waals surface area contributed by atoms with Gasteiger partial charge in [-0.2, -0.15) is 0 Å². The van der Waals surface area contributed by atoms with Crippen molar-refractivity contribution in [2.24, 2.45) is 5.92 Å². The van der Waals surface area contributed by atoms with Crippen LogP contribution in [0.2, 0.25) is 5.02 Å². The molecule has 1 aromatic heterocycles. The molecule has 2 aromatic rings. The van der Waals surface area contributed by atoms with Crippen LogP contribution in [0.3, 0.4) is 0 Å². The Morgan fingerprint density at radius 2 is 1.96 bits per heavy atom. The number of carbonyl (C=O) groups excluding carboxylic acids is 2. The van der Waals surface area contributed by atoms with Gasteiger partial charge in [0, 0.05) is 13.7 Å². The predicted octanol–water partition coefficient (Wildman–Crippen LogP) is 3.36. The molecule has 0 spiro atoms. The lowest BCUT2D eigenvalue weighted by molar-refractivity contribution is -0.135. The number of amides is 2. The number of nitrogens with one attached hydrogen (secondary N) is 1. The van der Waals surface area contributed by atoms with E-state index in [1.807, 2.05) is 13.8 Å². The number of hydrogen-bond donors (Lipinski definition) is 1. The molecule has 0 saturated heterocycles. The molecule has 0 radical (unpaired) electrons. The first-order valence-electron chi connectivity index (χ1n) is 8.79. The topological polar surface area (TPSA) is 71.8 Å². The fraction of sp³-hybridized carbons (Fsp3) is 0.400. The van der Waals surface area contributed by atoms with Crippen molar-refractivity contribution in [1.29, 1.82) is 0 Å². The summed E-state index contributed by atoms with van der Waals surface area (Å²) in [5, 5.41) is 3.17. The molecule has 1 atom stereocenters. The highest BCUT2D eigenvalue weighted by Crippen LogP contribution is 2.17. The van der Waals surface area contributed by atoms with E-state index >= 15 is 0 Å². The standard InChI is InChI=1S/C20H25ClN2O4/c1-14(2)18(22-19(24)16-8-4-5-9-17(16)21)20(25)23(10-12-26-3)13-15-7-6-11-27-15/h4-9,11,14,18H,10,12-13H2,1-3H3,(H,22,24). The lowest BCUT2D eigenvalue weighted by Crippen LogP contribution is -2.51. The molecule has 0 aliphatic rings. The van der Waals surface area contributed by atoms with Crippen molar-refractivity contribution < 1.29 is 18.7 Å². The number of halogens is 1. The maximum absolute atomic E-state index is 13.1. The molecular formula is C20H25ClN2O4. The number of nitrogens with zero attached hydrogens (tertiary/aromatic N) is 1. The van der Waals surface area contributed by atoms with Gasteiger partial charge in [-0.1, -0.05) is 37.6 Å². The van der Waals surface area contributed by atoms with Gasteiger partial charge < -0.3 is 19.4 Å². The van der Waals surface area contributed by atoms with Crippen molar-refractivity contribution in [3.8, 4) is 0 Å². The van der Waals surface area contributed by atoms with E-state index in [-0.39, 0.29) is 17.7 Å². The highest BCUT2D eigenvalue weighted by atomic mass is 35.5. The average molecular weight is 393 g/mol. The summed E-state index contributed by atoms with van der Waals surface area (Å²) in [6, 6.07) is 9.64. The van der Waals surface area contributed by atoms with Crippen molar-refractivity contribution in [2.45, 2.75) is 26.4 Å². The van der Waals surface area contributed by atoms with Crippen LogP contribution in [0, 0.1) is 5.92 Å². The Bertz CT molecular complexity index is 746. The van der Waals surface area contributed by atoms with E-state index in [1.165, 1.54) is 0 Å². The summed E-state index contributed by atoms with van der Waals surface area (Å²) in [5.74, 6) is -0.0128. The minimum Gasteiger partial charge on any atom is -0.467 e. The molecule has 1 unspecified atom stereocenters. The minimum atomic E-state index is -0.694. The largest absolute Gasteiger partial charge is 0.467 e. The summed E-state index contributed by atoms with van der Waals surface area (Å²) in [7, 11) is 1.58. The molecule has 1 heterocycles. The third kappa shape index (κ3) is 5.84. The third-order valence-electron chi connectivity index (χ3n) is 4.14. The first-order chi connectivity index (χ1) is 12.9. The van der Waals surface area contributed by atoms with Crippen LogP contribution in [-0.2, 0) is 16.1 Å². The summed E-state index contributed by atoms with van der Waals surface area (Å²) in [6.07, 6.45) is 1.56. The fourth-order valence-corrected chi connectivity index (χ4v) is 2.86. The zero-order valence-electron chi connectivity index (χ0n) is 15.8. The van der Waals surface area contributed by atoms with Crippen LogP contribution >= 0.6 is 11.6 Å². The minimum absolute atomic E-state index is 0.106. The first-order valence-corrected chi connectivity index (χ1v) is 9.17. The quantitative estimate of drug-likeness (QED) is 0.710. The molecule has 0 aliphatic heterocycles. The molecule has 6 nitrogen and oxygen atoms in total. The van der Waals surface area contributed by atoms with E-state index in [9.17, 15) is 9.59 Å². The second-order valence-electron chi connectivity index (χ2n) is 6.51. The summed E-state index contributed by atoms with van der Waals surface area (Å²) in [4.78, 5) is 27.4. The first kappa shape index (κ1) is 21.0. The smallest absolute Gasteiger partial charge is 0.253 e. The van der Waals surface area contributed by atoms with Crippen LogP contribution in [-0.4, -0.2) is 43.0 Å². The molecule has 0 saturated carbocycles. The second kappa shape index (κ2) is 10.1. The van der Waals surface area contributed by atoms with Gasteiger partial charge in [0.25, 0.3) is 5.91 Å². The second-order valence-corrected chi connectivity index (χ2v) is 6.91. The fourth-order valence-electron chi connectivity index (χ4n) is 2.63. The van der Waals surface area contributed by atoms with Crippen LogP contribution in [0.5, 0.6) is 0 Å². The molecule has 0 bridgehead atoms. The Morgan fingerprint density at radius 1 is 1.22 bits per heavy atom. The van der Waals surface area contributed by atoms with Gasteiger partial charge in [0.1, 0.15) is 11.8 Å². The van der Waals surface area contributed by atoms with Gasteiger partial charge in [0.15, 0.2) is 0 Å². The molecule has 1 aromatic carbocycles. The summed E-state index contributed by atoms with van der Waals surface area (Å²) < 4.78 is 10.5. The number of carbonyl (C=O) groups is 2. The average Bonchev–Trinajstić information content (AvgIpc) is 3.15. The number of methoxy groups -OCH3 is 1. The predicted molar refractivity (Wildman–Crippen MR) is 104 cm³/mol. The van der Waals surface area contributed by atoms with Crippen LogP contribution < -0.4 is 5.32 Å². The molecule has 0 fully saturated rings. The van der Waals surface area contributed by atoms with Crippen LogP contribution in [0.4, 0.5) is 0 Å². The monoisotopic (exact) mass is 392 g/mol. The third-order valence-corrected chi connectivity index (χ3v) is 4.47. The van der Waals surface area contributed by atoms with Crippen LogP contribution in [0.25, 0.3) is 0 Å². The molecule has 27 heavy (non-hydrogen) atoms. The van der Waals surface area contributed by atoms with Crippen molar-refractivity contribution in [1.82, 2.24) is 10.2 Å². The lowest BCUT2D eigenvalue weighted by Gasteiger charge is -2.29. The maximum Gasteiger partial charge on any atom is 0.253 e. The van der Waals surface area contributed by atoms with Crippen LogP contribution in [0.15, 0.2) is 47.1 Å². The SMILES string of the molecule is COCCN(Cc1ccco1)C(=O)C(NC(=O)c1ccccc1Cl)C(C)C. The molecule has 1 N–H and O–H groups in total. The Kier molecular flexibility index (Phi) is 7.88. The Labute approximate surface area is 164 Å². The van der Waals surface area contributed by atoms with Gasteiger partial charge in [0.2, 0.25) is 5.91 Å². The van der Waals surface area contributed by atoms with Gasteiger partial charge in [-0.05, 0) is 30.2 Å². The zero-order valence-corrected chi connectivity index (χ0v) is 16.5.